The Hall–Kier alpha value is -2.29. The highest BCUT2D eigenvalue weighted by atomic mass is 35.5. The molecular formula is C22H19Cl2NO. The molecule has 4 heteroatoms. The van der Waals surface area contributed by atoms with Crippen molar-refractivity contribution in [3.8, 4) is 5.75 Å². The molecule has 2 nitrogen and oxygen atoms in total. The molecule has 132 valence electrons. The molecule has 0 saturated heterocycles. The molecule has 0 spiro atoms. The lowest BCUT2D eigenvalue weighted by atomic mass is 10.1. The van der Waals surface area contributed by atoms with Crippen LogP contribution in [0.25, 0.3) is 0 Å². The molecule has 0 heterocycles. The summed E-state index contributed by atoms with van der Waals surface area (Å²) in [6.45, 7) is 2.54. The van der Waals surface area contributed by atoms with Crippen molar-refractivity contribution < 1.29 is 4.74 Å². The van der Waals surface area contributed by atoms with Crippen molar-refractivity contribution in [2.75, 3.05) is 0 Å². The summed E-state index contributed by atoms with van der Waals surface area (Å²) in [5.74, 6) is 0.815. The summed E-state index contributed by atoms with van der Waals surface area (Å²) in [5.41, 5.74) is 3.06. The Labute approximate surface area is 164 Å². The van der Waals surface area contributed by atoms with Gasteiger partial charge < -0.3 is 4.74 Å². The van der Waals surface area contributed by atoms with Crippen LogP contribution in [-0.4, -0.2) is 6.21 Å². The summed E-state index contributed by atoms with van der Waals surface area (Å²) >= 11 is 12.2. The minimum Gasteiger partial charge on any atom is -0.489 e. The fraction of sp³-hybridized carbons (Fsp3) is 0.136. The second-order valence-corrected chi connectivity index (χ2v) is 6.81. The van der Waals surface area contributed by atoms with E-state index in [1.807, 2.05) is 79.9 Å². The third kappa shape index (κ3) is 5.10. The van der Waals surface area contributed by atoms with Gasteiger partial charge in [0.2, 0.25) is 0 Å². The van der Waals surface area contributed by atoms with Crippen LogP contribution in [-0.2, 0) is 6.61 Å². The molecule has 3 aromatic rings. The number of nitrogens with zero attached hydrogens (tertiary/aromatic N) is 1. The van der Waals surface area contributed by atoms with Crippen LogP contribution in [0.4, 0.5) is 0 Å². The Morgan fingerprint density at radius 1 is 0.962 bits per heavy atom. The van der Waals surface area contributed by atoms with Crippen LogP contribution in [0.1, 0.15) is 29.7 Å². The highest BCUT2D eigenvalue weighted by Gasteiger charge is 2.08. The Morgan fingerprint density at radius 3 is 2.54 bits per heavy atom. The van der Waals surface area contributed by atoms with Crippen molar-refractivity contribution in [1.82, 2.24) is 0 Å². The molecule has 1 atom stereocenters. The van der Waals surface area contributed by atoms with Gasteiger partial charge >= 0.3 is 0 Å². The largest absolute Gasteiger partial charge is 0.489 e. The highest BCUT2D eigenvalue weighted by Crippen LogP contribution is 2.28. The van der Waals surface area contributed by atoms with Crippen molar-refractivity contribution >= 4 is 29.4 Å². The number of aliphatic imine (C=N–C) groups is 1. The Kier molecular flexibility index (Phi) is 6.32. The molecule has 3 aromatic carbocycles. The lowest BCUT2D eigenvalue weighted by Crippen LogP contribution is -1.96. The first kappa shape index (κ1) is 18.5. The molecule has 0 unspecified atom stereocenters. The van der Waals surface area contributed by atoms with Gasteiger partial charge in [-0.2, -0.15) is 0 Å². The topological polar surface area (TPSA) is 21.6 Å². The average molecular weight is 384 g/mol. The van der Waals surface area contributed by atoms with Crippen LogP contribution in [0.2, 0.25) is 10.0 Å². The monoisotopic (exact) mass is 383 g/mol. The molecule has 0 fully saturated rings. The maximum Gasteiger partial charge on any atom is 0.120 e. The zero-order chi connectivity index (χ0) is 18.4. The summed E-state index contributed by atoms with van der Waals surface area (Å²) in [5, 5.41) is 1.25. The number of ether oxygens (including phenoxy) is 1. The van der Waals surface area contributed by atoms with E-state index in [0.29, 0.717) is 16.7 Å². The molecule has 0 aliphatic heterocycles. The first-order valence-corrected chi connectivity index (χ1v) is 9.12. The van der Waals surface area contributed by atoms with Gasteiger partial charge in [-0.25, -0.2) is 0 Å². The lowest BCUT2D eigenvalue weighted by molar-refractivity contribution is 0.306. The number of halogens is 2. The second-order valence-electron chi connectivity index (χ2n) is 5.97. The smallest absolute Gasteiger partial charge is 0.120 e. The van der Waals surface area contributed by atoms with E-state index in [0.717, 1.165) is 22.4 Å². The normalized spacial score (nSPS) is 12.3. The summed E-state index contributed by atoms with van der Waals surface area (Å²) < 4.78 is 5.86. The third-order valence-corrected chi connectivity index (χ3v) is 4.53. The molecule has 0 aliphatic rings. The SMILES string of the molecule is C[C@@H](/N=C/c1cccc(OCc2ccccc2)c1)c1ccc(Cl)cc1Cl. The van der Waals surface area contributed by atoms with Crippen molar-refractivity contribution in [2.45, 2.75) is 19.6 Å². The summed E-state index contributed by atoms with van der Waals surface area (Å²) in [6, 6.07) is 23.4. The number of hydrogen-bond donors (Lipinski definition) is 0. The van der Waals surface area contributed by atoms with Gasteiger partial charge in [-0.3, -0.25) is 4.99 Å². The van der Waals surface area contributed by atoms with Crippen LogP contribution in [0.5, 0.6) is 5.75 Å². The predicted molar refractivity (Wildman–Crippen MR) is 110 cm³/mol. The van der Waals surface area contributed by atoms with E-state index in [1.165, 1.54) is 0 Å². The zero-order valence-electron chi connectivity index (χ0n) is 14.4. The van der Waals surface area contributed by atoms with Gasteiger partial charge in [0, 0.05) is 16.3 Å². The molecule has 0 N–H and O–H groups in total. The number of benzene rings is 3. The Bertz CT molecular complexity index is 894. The van der Waals surface area contributed by atoms with Gasteiger partial charge in [-0.05, 0) is 47.9 Å². The van der Waals surface area contributed by atoms with E-state index in [4.69, 9.17) is 27.9 Å². The van der Waals surface area contributed by atoms with Gasteiger partial charge in [-0.1, -0.05) is 71.7 Å². The lowest BCUT2D eigenvalue weighted by Gasteiger charge is -2.10. The van der Waals surface area contributed by atoms with Crippen molar-refractivity contribution in [1.29, 1.82) is 0 Å². The van der Waals surface area contributed by atoms with Crippen LogP contribution < -0.4 is 4.74 Å². The Balaban J connectivity index is 1.66. The van der Waals surface area contributed by atoms with Gasteiger partial charge in [-0.15, -0.1) is 0 Å². The molecule has 26 heavy (non-hydrogen) atoms. The zero-order valence-corrected chi connectivity index (χ0v) is 15.9. The van der Waals surface area contributed by atoms with E-state index >= 15 is 0 Å². The molecule has 3 rings (SSSR count). The molecule has 0 amide bonds. The van der Waals surface area contributed by atoms with Crippen molar-refractivity contribution in [3.05, 3.63) is 99.5 Å². The molecule has 0 radical (unpaired) electrons. The Morgan fingerprint density at radius 2 is 1.77 bits per heavy atom. The molecule has 0 saturated carbocycles. The predicted octanol–water partition coefficient (Wildman–Crippen LogP) is 6.75. The fourth-order valence-electron chi connectivity index (χ4n) is 2.54. The molecule has 0 aromatic heterocycles. The van der Waals surface area contributed by atoms with Crippen LogP contribution >= 0.6 is 23.2 Å². The number of rotatable bonds is 6. The third-order valence-electron chi connectivity index (χ3n) is 3.97. The van der Waals surface area contributed by atoms with E-state index in [-0.39, 0.29) is 6.04 Å². The summed E-state index contributed by atoms with van der Waals surface area (Å²) in [4.78, 5) is 4.61. The first-order chi connectivity index (χ1) is 12.6. The van der Waals surface area contributed by atoms with Gasteiger partial charge in [0.25, 0.3) is 0 Å². The van der Waals surface area contributed by atoms with Gasteiger partial charge in [0.05, 0.1) is 6.04 Å². The summed E-state index contributed by atoms with van der Waals surface area (Å²) in [6.07, 6.45) is 1.84. The highest BCUT2D eigenvalue weighted by molar-refractivity contribution is 6.35. The van der Waals surface area contributed by atoms with Crippen molar-refractivity contribution in [2.24, 2.45) is 4.99 Å². The van der Waals surface area contributed by atoms with Crippen LogP contribution in [0.15, 0.2) is 77.8 Å². The minimum absolute atomic E-state index is 0.0614. The maximum absolute atomic E-state index is 6.25. The first-order valence-electron chi connectivity index (χ1n) is 8.37. The molecule has 0 aliphatic carbocycles. The second kappa shape index (κ2) is 8.88. The number of hydrogen-bond acceptors (Lipinski definition) is 2. The van der Waals surface area contributed by atoms with E-state index in [9.17, 15) is 0 Å². The van der Waals surface area contributed by atoms with E-state index in [2.05, 4.69) is 4.99 Å². The van der Waals surface area contributed by atoms with Gasteiger partial charge in [0.15, 0.2) is 0 Å². The average Bonchev–Trinajstić information content (AvgIpc) is 2.66. The maximum atomic E-state index is 6.25. The van der Waals surface area contributed by atoms with Crippen molar-refractivity contribution in [3.63, 3.8) is 0 Å². The fourth-order valence-corrected chi connectivity index (χ4v) is 3.11. The van der Waals surface area contributed by atoms with Crippen LogP contribution in [0.3, 0.4) is 0 Å². The van der Waals surface area contributed by atoms with E-state index in [1.54, 1.807) is 6.07 Å². The molecular weight excluding hydrogens is 365 g/mol. The standard InChI is InChI=1S/C22H19Cl2NO/c1-16(21-11-10-19(23)13-22(21)24)25-14-18-8-5-9-20(12-18)26-15-17-6-3-2-4-7-17/h2-14,16H,15H2,1H3/b25-14+/t16-/m1/s1. The van der Waals surface area contributed by atoms with Crippen LogP contribution in [0, 0.1) is 0 Å². The quantitative estimate of drug-likeness (QED) is 0.431. The van der Waals surface area contributed by atoms with E-state index < -0.39 is 0 Å². The minimum atomic E-state index is -0.0614. The molecule has 0 bridgehead atoms. The van der Waals surface area contributed by atoms with Gasteiger partial charge in [0.1, 0.15) is 12.4 Å². The summed E-state index contributed by atoms with van der Waals surface area (Å²) in [7, 11) is 0.